The van der Waals surface area contributed by atoms with E-state index < -0.39 is 5.41 Å². The van der Waals surface area contributed by atoms with Gasteiger partial charge in [-0.2, -0.15) is 0 Å². The molecule has 0 bridgehead atoms. The SMILES string of the molecule is Cc1ccc(N2CCC(N)C(C)(C)C2=O)c(C)c1. The molecule has 1 aromatic rings. The third-order valence-electron chi connectivity index (χ3n) is 4.03. The molecule has 1 fully saturated rings. The van der Waals surface area contributed by atoms with E-state index >= 15 is 0 Å². The van der Waals surface area contributed by atoms with Gasteiger partial charge in [-0.3, -0.25) is 4.79 Å². The van der Waals surface area contributed by atoms with E-state index in [0.29, 0.717) is 6.54 Å². The molecule has 0 aromatic heterocycles. The first-order valence-corrected chi connectivity index (χ1v) is 6.49. The zero-order valence-corrected chi connectivity index (χ0v) is 11.7. The van der Waals surface area contributed by atoms with Crippen LogP contribution >= 0.6 is 0 Å². The minimum Gasteiger partial charge on any atom is -0.327 e. The van der Waals surface area contributed by atoms with E-state index in [2.05, 4.69) is 26.0 Å². The standard InChI is InChI=1S/C15H22N2O/c1-10-5-6-12(11(2)9-10)17-8-7-13(16)15(3,4)14(17)18/h5-6,9,13H,7-8,16H2,1-4H3. The van der Waals surface area contributed by atoms with Gasteiger partial charge < -0.3 is 10.6 Å². The number of carbonyl (C=O) groups is 1. The van der Waals surface area contributed by atoms with E-state index in [1.807, 2.05) is 24.8 Å². The first-order valence-electron chi connectivity index (χ1n) is 6.49. The fourth-order valence-corrected chi connectivity index (χ4v) is 2.58. The van der Waals surface area contributed by atoms with Crippen molar-refractivity contribution in [1.29, 1.82) is 0 Å². The van der Waals surface area contributed by atoms with Crippen LogP contribution in [0, 0.1) is 19.3 Å². The van der Waals surface area contributed by atoms with Crippen LogP contribution in [0.25, 0.3) is 0 Å². The van der Waals surface area contributed by atoms with Gasteiger partial charge in [-0.05, 0) is 45.7 Å². The van der Waals surface area contributed by atoms with Gasteiger partial charge in [0, 0.05) is 18.3 Å². The first kappa shape index (κ1) is 13.1. The maximum Gasteiger partial charge on any atom is 0.234 e. The average molecular weight is 246 g/mol. The van der Waals surface area contributed by atoms with E-state index in [1.165, 1.54) is 5.56 Å². The molecule has 1 atom stereocenters. The summed E-state index contributed by atoms with van der Waals surface area (Å²) < 4.78 is 0. The lowest BCUT2D eigenvalue weighted by Crippen LogP contribution is -2.56. The Morgan fingerprint density at radius 1 is 1.33 bits per heavy atom. The molecule has 0 aliphatic carbocycles. The second-order valence-electron chi connectivity index (χ2n) is 5.86. The van der Waals surface area contributed by atoms with Crippen molar-refractivity contribution in [3.8, 4) is 0 Å². The summed E-state index contributed by atoms with van der Waals surface area (Å²) in [4.78, 5) is 14.4. The number of amides is 1. The lowest BCUT2D eigenvalue weighted by atomic mass is 9.78. The summed E-state index contributed by atoms with van der Waals surface area (Å²) in [5, 5.41) is 0. The van der Waals surface area contributed by atoms with Gasteiger partial charge in [-0.25, -0.2) is 0 Å². The van der Waals surface area contributed by atoms with Crippen LogP contribution in [-0.2, 0) is 4.79 Å². The largest absolute Gasteiger partial charge is 0.327 e. The minimum absolute atomic E-state index is 0.0491. The van der Waals surface area contributed by atoms with Gasteiger partial charge in [0.2, 0.25) is 5.91 Å². The van der Waals surface area contributed by atoms with E-state index in [9.17, 15) is 4.79 Å². The van der Waals surface area contributed by atoms with Gasteiger partial charge in [0.25, 0.3) is 0 Å². The van der Waals surface area contributed by atoms with E-state index in [4.69, 9.17) is 5.73 Å². The summed E-state index contributed by atoms with van der Waals surface area (Å²) in [6.45, 7) is 8.71. The number of nitrogens with zero attached hydrogens (tertiary/aromatic N) is 1. The highest BCUT2D eigenvalue weighted by atomic mass is 16.2. The Balaban J connectivity index is 2.37. The molecule has 0 spiro atoms. The molecule has 18 heavy (non-hydrogen) atoms. The fraction of sp³-hybridized carbons (Fsp3) is 0.533. The summed E-state index contributed by atoms with van der Waals surface area (Å²) in [6, 6.07) is 6.16. The zero-order chi connectivity index (χ0) is 13.5. The third-order valence-corrected chi connectivity index (χ3v) is 4.03. The summed E-state index contributed by atoms with van der Waals surface area (Å²) in [5.41, 5.74) is 8.97. The summed E-state index contributed by atoms with van der Waals surface area (Å²) in [6.07, 6.45) is 0.853. The average Bonchev–Trinajstić information content (AvgIpc) is 2.29. The van der Waals surface area contributed by atoms with Gasteiger partial charge in [-0.1, -0.05) is 17.7 Å². The van der Waals surface area contributed by atoms with E-state index in [1.54, 1.807) is 0 Å². The number of carbonyl (C=O) groups excluding carboxylic acids is 1. The highest BCUT2D eigenvalue weighted by molar-refractivity contribution is 5.99. The molecule has 2 N–H and O–H groups in total. The topological polar surface area (TPSA) is 46.3 Å². The molecular weight excluding hydrogens is 224 g/mol. The van der Waals surface area contributed by atoms with Crippen molar-refractivity contribution in [3.05, 3.63) is 29.3 Å². The molecule has 1 aliphatic heterocycles. The Morgan fingerprint density at radius 3 is 2.61 bits per heavy atom. The predicted molar refractivity (Wildman–Crippen MR) is 74.6 cm³/mol. The molecule has 0 radical (unpaired) electrons. The summed E-state index contributed by atoms with van der Waals surface area (Å²) in [7, 11) is 0. The monoisotopic (exact) mass is 246 g/mol. The number of benzene rings is 1. The van der Waals surface area contributed by atoms with Gasteiger partial charge in [-0.15, -0.1) is 0 Å². The second-order valence-corrected chi connectivity index (χ2v) is 5.86. The number of aryl methyl sites for hydroxylation is 2. The van der Waals surface area contributed by atoms with Crippen molar-refractivity contribution >= 4 is 11.6 Å². The van der Waals surface area contributed by atoms with Crippen LogP contribution in [0.2, 0.25) is 0 Å². The van der Waals surface area contributed by atoms with Crippen molar-refractivity contribution in [2.24, 2.45) is 11.1 Å². The Bertz CT molecular complexity index is 479. The quantitative estimate of drug-likeness (QED) is 0.827. The molecule has 3 nitrogen and oxygen atoms in total. The molecule has 2 rings (SSSR count). The second kappa shape index (κ2) is 4.39. The lowest BCUT2D eigenvalue weighted by Gasteiger charge is -2.42. The zero-order valence-electron chi connectivity index (χ0n) is 11.7. The highest BCUT2D eigenvalue weighted by Crippen LogP contribution is 2.33. The van der Waals surface area contributed by atoms with Crippen molar-refractivity contribution in [2.45, 2.75) is 40.2 Å². The minimum atomic E-state index is -0.477. The van der Waals surface area contributed by atoms with Gasteiger partial charge in [0.15, 0.2) is 0 Å². The molecular formula is C15H22N2O. The smallest absolute Gasteiger partial charge is 0.234 e. The fourth-order valence-electron chi connectivity index (χ4n) is 2.58. The Labute approximate surface area is 109 Å². The van der Waals surface area contributed by atoms with Crippen molar-refractivity contribution < 1.29 is 4.79 Å². The molecule has 1 aliphatic rings. The first-order chi connectivity index (χ1) is 8.34. The normalized spacial score (nSPS) is 23.3. The number of anilines is 1. The predicted octanol–water partition coefficient (Wildman–Crippen LogP) is 2.39. The third kappa shape index (κ3) is 2.03. The van der Waals surface area contributed by atoms with Gasteiger partial charge in [0.1, 0.15) is 0 Å². The molecule has 3 heteroatoms. The molecule has 0 saturated carbocycles. The molecule has 1 amide bonds. The number of hydrogen-bond acceptors (Lipinski definition) is 2. The van der Waals surface area contributed by atoms with Crippen LogP contribution in [-0.4, -0.2) is 18.5 Å². The number of nitrogens with two attached hydrogens (primary N) is 1. The number of hydrogen-bond donors (Lipinski definition) is 1. The van der Waals surface area contributed by atoms with Crippen LogP contribution in [0.5, 0.6) is 0 Å². The van der Waals surface area contributed by atoms with Crippen LogP contribution in [0.4, 0.5) is 5.69 Å². The van der Waals surface area contributed by atoms with Crippen LogP contribution in [0.15, 0.2) is 18.2 Å². The Hall–Kier alpha value is -1.35. The van der Waals surface area contributed by atoms with Crippen LogP contribution in [0.1, 0.15) is 31.4 Å². The van der Waals surface area contributed by atoms with E-state index in [0.717, 1.165) is 17.7 Å². The maximum atomic E-state index is 12.5. The summed E-state index contributed by atoms with van der Waals surface area (Å²) >= 11 is 0. The van der Waals surface area contributed by atoms with Crippen LogP contribution in [0.3, 0.4) is 0 Å². The highest BCUT2D eigenvalue weighted by Gasteiger charge is 2.42. The lowest BCUT2D eigenvalue weighted by molar-refractivity contribution is -0.129. The molecule has 1 aromatic carbocycles. The van der Waals surface area contributed by atoms with E-state index in [-0.39, 0.29) is 11.9 Å². The van der Waals surface area contributed by atoms with Gasteiger partial charge >= 0.3 is 0 Å². The van der Waals surface area contributed by atoms with Crippen molar-refractivity contribution in [3.63, 3.8) is 0 Å². The maximum absolute atomic E-state index is 12.5. The molecule has 1 saturated heterocycles. The Morgan fingerprint density at radius 2 is 2.00 bits per heavy atom. The molecule has 98 valence electrons. The van der Waals surface area contributed by atoms with Crippen molar-refractivity contribution in [1.82, 2.24) is 0 Å². The number of piperidine rings is 1. The Kier molecular flexibility index (Phi) is 3.20. The van der Waals surface area contributed by atoms with Gasteiger partial charge in [0.05, 0.1) is 5.41 Å². The molecule has 1 unspecified atom stereocenters. The van der Waals surface area contributed by atoms with Crippen molar-refractivity contribution in [2.75, 3.05) is 11.4 Å². The summed E-state index contributed by atoms with van der Waals surface area (Å²) in [5.74, 6) is 0.133. The number of rotatable bonds is 1. The van der Waals surface area contributed by atoms with Crippen LogP contribution < -0.4 is 10.6 Å². The molecule has 1 heterocycles.